The van der Waals surface area contributed by atoms with Crippen molar-refractivity contribution in [2.75, 3.05) is 20.3 Å². The number of hydrogen-bond acceptors (Lipinski definition) is 6. The van der Waals surface area contributed by atoms with E-state index >= 15 is 0 Å². The summed E-state index contributed by atoms with van der Waals surface area (Å²) in [6, 6.07) is 13.4. The highest BCUT2D eigenvalue weighted by Gasteiger charge is 2.07. The normalized spacial score (nSPS) is 10.4. The van der Waals surface area contributed by atoms with E-state index in [0.717, 1.165) is 0 Å². The summed E-state index contributed by atoms with van der Waals surface area (Å²) in [5.74, 6) is 1.55. The SMILES string of the molecule is COc1ccc(OCC(=O)NCCn2nc(-c3ccco3)ccc2=O)cc1. The smallest absolute Gasteiger partial charge is 0.266 e. The Morgan fingerprint density at radius 1 is 1.15 bits per heavy atom. The van der Waals surface area contributed by atoms with Gasteiger partial charge in [0, 0.05) is 12.6 Å². The van der Waals surface area contributed by atoms with Gasteiger partial charge in [-0.3, -0.25) is 9.59 Å². The van der Waals surface area contributed by atoms with Gasteiger partial charge in [0.2, 0.25) is 0 Å². The van der Waals surface area contributed by atoms with Gasteiger partial charge in [-0.25, -0.2) is 4.68 Å². The van der Waals surface area contributed by atoms with Gasteiger partial charge in [-0.05, 0) is 42.5 Å². The summed E-state index contributed by atoms with van der Waals surface area (Å²) in [6.45, 7) is 0.363. The maximum Gasteiger partial charge on any atom is 0.266 e. The van der Waals surface area contributed by atoms with E-state index in [1.165, 1.54) is 17.0 Å². The average Bonchev–Trinajstić information content (AvgIpc) is 3.23. The van der Waals surface area contributed by atoms with E-state index in [4.69, 9.17) is 13.9 Å². The van der Waals surface area contributed by atoms with Crippen LogP contribution >= 0.6 is 0 Å². The quantitative estimate of drug-likeness (QED) is 0.649. The Hall–Kier alpha value is -3.55. The average molecular weight is 369 g/mol. The van der Waals surface area contributed by atoms with Crippen LogP contribution in [-0.2, 0) is 11.3 Å². The predicted molar refractivity (Wildman–Crippen MR) is 97.7 cm³/mol. The van der Waals surface area contributed by atoms with Crippen LogP contribution in [0.5, 0.6) is 11.5 Å². The molecule has 27 heavy (non-hydrogen) atoms. The maximum atomic E-state index is 11.9. The highest BCUT2D eigenvalue weighted by atomic mass is 16.5. The predicted octanol–water partition coefficient (Wildman–Crippen LogP) is 1.71. The first-order valence-corrected chi connectivity index (χ1v) is 8.31. The Bertz CT molecular complexity index is 933. The second-order valence-corrected chi connectivity index (χ2v) is 5.57. The lowest BCUT2D eigenvalue weighted by atomic mass is 10.3. The van der Waals surface area contributed by atoms with Crippen molar-refractivity contribution in [1.82, 2.24) is 15.1 Å². The fraction of sp³-hybridized carbons (Fsp3) is 0.211. The van der Waals surface area contributed by atoms with Gasteiger partial charge >= 0.3 is 0 Å². The Morgan fingerprint density at radius 3 is 2.63 bits per heavy atom. The summed E-state index contributed by atoms with van der Waals surface area (Å²) in [5.41, 5.74) is 0.294. The molecule has 0 aliphatic rings. The van der Waals surface area contributed by atoms with Gasteiger partial charge in [-0.1, -0.05) is 0 Å². The van der Waals surface area contributed by atoms with E-state index in [1.54, 1.807) is 49.6 Å². The third-order valence-electron chi connectivity index (χ3n) is 3.72. The molecule has 0 aliphatic carbocycles. The number of benzene rings is 1. The molecule has 1 amide bonds. The van der Waals surface area contributed by atoms with Gasteiger partial charge in [0.15, 0.2) is 12.4 Å². The number of carbonyl (C=O) groups excluding carboxylic acids is 1. The van der Waals surface area contributed by atoms with Crippen LogP contribution in [0.3, 0.4) is 0 Å². The Kier molecular flexibility index (Phi) is 5.88. The first kappa shape index (κ1) is 18.2. The largest absolute Gasteiger partial charge is 0.497 e. The third-order valence-corrected chi connectivity index (χ3v) is 3.72. The summed E-state index contributed by atoms with van der Waals surface area (Å²) in [6.07, 6.45) is 1.54. The minimum Gasteiger partial charge on any atom is -0.497 e. The molecule has 8 nitrogen and oxygen atoms in total. The summed E-state index contributed by atoms with van der Waals surface area (Å²) >= 11 is 0. The summed E-state index contributed by atoms with van der Waals surface area (Å²) < 4.78 is 17.0. The summed E-state index contributed by atoms with van der Waals surface area (Å²) in [7, 11) is 1.58. The highest BCUT2D eigenvalue weighted by Crippen LogP contribution is 2.17. The number of nitrogens with one attached hydrogen (secondary N) is 1. The van der Waals surface area contributed by atoms with Crippen molar-refractivity contribution in [2.24, 2.45) is 0 Å². The molecule has 2 heterocycles. The number of aromatic nitrogens is 2. The number of hydrogen-bond donors (Lipinski definition) is 1. The van der Waals surface area contributed by atoms with Crippen LogP contribution in [0.15, 0.2) is 64.0 Å². The van der Waals surface area contributed by atoms with E-state index in [0.29, 0.717) is 23.0 Å². The Morgan fingerprint density at radius 2 is 1.93 bits per heavy atom. The van der Waals surface area contributed by atoms with Crippen molar-refractivity contribution in [3.05, 3.63) is 65.1 Å². The van der Waals surface area contributed by atoms with Crippen molar-refractivity contribution in [3.63, 3.8) is 0 Å². The summed E-state index contributed by atoms with van der Waals surface area (Å²) in [4.78, 5) is 23.8. The topological polar surface area (TPSA) is 95.6 Å². The zero-order valence-corrected chi connectivity index (χ0v) is 14.8. The lowest BCUT2D eigenvalue weighted by molar-refractivity contribution is -0.123. The zero-order chi connectivity index (χ0) is 19.1. The number of amides is 1. The molecule has 0 spiro atoms. The molecular weight excluding hydrogens is 350 g/mol. The minimum absolute atomic E-state index is 0.124. The first-order valence-electron chi connectivity index (χ1n) is 8.31. The van der Waals surface area contributed by atoms with E-state index in [9.17, 15) is 9.59 Å². The molecule has 140 valence electrons. The second-order valence-electron chi connectivity index (χ2n) is 5.57. The van der Waals surface area contributed by atoms with E-state index in [2.05, 4.69) is 10.4 Å². The molecule has 2 aromatic heterocycles. The molecule has 1 aromatic carbocycles. The number of carbonyl (C=O) groups is 1. The molecule has 0 saturated heterocycles. The molecule has 0 unspecified atom stereocenters. The van der Waals surface area contributed by atoms with Crippen molar-refractivity contribution in [1.29, 1.82) is 0 Å². The van der Waals surface area contributed by atoms with Crippen LogP contribution in [0.2, 0.25) is 0 Å². The van der Waals surface area contributed by atoms with Gasteiger partial charge in [-0.15, -0.1) is 0 Å². The van der Waals surface area contributed by atoms with Crippen LogP contribution < -0.4 is 20.3 Å². The molecule has 0 bridgehead atoms. The van der Waals surface area contributed by atoms with Crippen molar-refractivity contribution < 1.29 is 18.7 Å². The second kappa shape index (κ2) is 8.70. The van der Waals surface area contributed by atoms with Crippen LogP contribution in [0.4, 0.5) is 0 Å². The van der Waals surface area contributed by atoms with Crippen LogP contribution in [0, 0.1) is 0 Å². The van der Waals surface area contributed by atoms with Crippen LogP contribution in [0.25, 0.3) is 11.5 Å². The fourth-order valence-electron chi connectivity index (χ4n) is 2.34. The molecule has 1 N–H and O–H groups in total. The van der Waals surface area contributed by atoms with Crippen molar-refractivity contribution >= 4 is 5.91 Å². The zero-order valence-electron chi connectivity index (χ0n) is 14.8. The highest BCUT2D eigenvalue weighted by molar-refractivity contribution is 5.77. The van der Waals surface area contributed by atoms with Crippen LogP contribution in [0.1, 0.15) is 0 Å². The number of nitrogens with zero attached hydrogens (tertiary/aromatic N) is 2. The Balaban J connectivity index is 1.48. The molecule has 0 atom stereocenters. The van der Waals surface area contributed by atoms with Crippen LogP contribution in [-0.4, -0.2) is 35.9 Å². The molecule has 0 fully saturated rings. The fourth-order valence-corrected chi connectivity index (χ4v) is 2.34. The number of furan rings is 1. The molecular formula is C19H19N3O5. The maximum absolute atomic E-state index is 11.9. The van der Waals surface area contributed by atoms with E-state index in [-0.39, 0.29) is 31.2 Å². The molecule has 3 aromatic rings. The van der Waals surface area contributed by atoms with E-state index < -0.39 is 0 Å². The Labute approximate surface area is 155 Å². The van der Waals surface area contributed by atoms with Gasteiger partial charge in [0.25, 0.3) is 11.5 Å². The molecule has 3 rings (SSSR count). The molecule has 0 saturated carbocycles. The van der Waals surface area contributed by atoms with Crippen molar-refractivity contribution in [2.45, 2.75) is 6.54 Å². The third kappa shape index (κ3) is 4.97. The van der Waals surface area contributed by atoms with Gasteiger partial charge in [0.1, 0.15) is 17.2 Å². The lowest BCUT2D eigenvalue weighted by Gasteiger charge is -2.09. The van der Waals surface area contributed by atoms with Gasteiger partial charge in [0.05, 0.1) is 19.9 Å². The lowest BCUT2D eigenvalue weighted by Crippen LogP contribution is -2.34. The van der Waals surface area contributed by atoms with E-state index in [1.807, 2.05) is 0 Å². The van der Waals surface area contributed by atoms with Crippen molar-refractivity contribution in [3.8, 4) is 23.0 Å². The number of methoxy groups -OCH3 is 1. The number of ether oxygens (including phenoxy) is 2. The molecule has 0 aliphatic heterocycles. The number of rotatable bonds is 8. The monoisotopic (exact) mass is 369 g/mol. The molecule has 0 radical (unpaired) electrons. The standard InChI is InChI=1S/C19H19N3O5/c1-25-14-4-6-15(7-5-14)27-13-18(23)20-10-11-22-19(24)9-8-16(21-22)17-3-2-12-26-17/h2-9,12H,10-11,13H2,1H3,(H,20,23). The van der Waals surface area contributed by atoms with Gasteiger partial charge < -0.3 is 19.2 Å². The van der Waals surface area contributed by atoms with Gasteiger partial charge in [-0.2, -0.15) is 5.10 Å². The summed E-state index contributed by atoms with van der Waals surface area (Å²) in [5, 5.41) is 6.93. The first-order chi connectivity index (χ1) is 13.2. The molecule has 8 heteroatoms. The minimum atomic E-state index is -0.291.